The van der Waals surface area contributed by atoms with Gasteiger partial charge in [0.05, 0.1) is 13.2 Å². The second-order valence-electron chi connectivity index (χ2n) is 6.61. The number of rotatable bonds is 6. The molecule has 0 bridgehead atoms. The summed E-state index contributed by atoms with van der Waals surface area (Å²) in [6.45, 7) is 5.44. The first-order chi connectivity index (χ1) is 12.8. The molecule has 1 aliphatic rings. The molecule has 0 unspecified atom stereocenters. The quantitative estimate of drug-likeness (QED) is 0.591. The molecule has 1 fully saturated rings. The van der Waals surface area contributed by atoms with Crippen LogP contribution >= 0.6 is 0 Å². The lowest BCUT2D eigenvalue weighted by atomic mass is 9.88. The summed E-state index contributed by atoms with van der Waals surface area (Å²) in [5, 5.41) is 0. The van der Waals surface area contributed by atoms with Gasteiger partial charge in [0.15, 0.2) is 0 Å². The number of hydrogen-bond donors (Lipinski definition) is 0. The minimum atomic E-state index is 0.712. The first-order valence-corrected chi connectivity index (χ1v) is 9.61. The van der Waals surface area contributed by atoms with Crippen LogP contribution < -0.4 is 9.47 Å². The smallest absolute Gasteiger partial charge is 0.119 e. The van der Waals surface area contributed by atoms with E-state index in [1.165, 1.54) is 22.3 Å². The normalized spacial score (nSPS) is 14.1. The number of hydrogen-bond acceptors (Lipinski definition) is 2. The average molecular weight is 348 g/mol. The molecular weight excluding hydrogens is 320 g/mol. The van der Waals surface area contributed by atoms with Gasteiger partial charge in [0.2, 0.25) is 0 Å². The molecule has 0 heterocycles. The predicted octanol–water partition coefficient (Wildman–Crippen LogP) is 6.53. The van der Waals surface area contributed by atoms with Gasteiger partial charge >= 0.3 is 0 Å². The lowest BCUT2D eigenvalue weighted by Crippen LogP contribution is -1.98. The maximum absolute atomic E-state index is 5.51. The summed E-state index contributed by atoms with van der Waals surface area (Å²) in [5.41, 5.74) is 5.61. The molecule has 0 atom stereocenters. The summed E-state index contributed by atoms with van der Waals surface area (Å²) in [6.07, 6.45) is 9.27. The summed E-state index contributed by atoms with van der Waals surface area (Å²) in [7, 11) is 0. The topological polar surface area (TPSA) is 18.5 Å². The van der Waals surface area contributed by atoms with Gasteiger partial charge in [-0.3, -0.25) is 0 Å². The van der Waals surface area contributed by atoms with E-state index in [2.05, 4.69) is 60.7 Å². The van der Waals surface area contributed by atoms with Crippen LogP contribution in [0.3, 0.4) is 0 Å². The third-order valence-corrected chi connectivity index (χ3v) is 4.66. The number of benzene rings is 2. The highest BCUT2D eigenvalue weighted by atomic mass is 16.5. The minimum Gasteiger partial charge on any atom is -0.494 e. The molecule has 2 aromatic carbocycles. The molecule has 0 aromatic heterocycles. The Hall–Kier alpha value is -2.48. The Morgan fingerprint density at radius 1 is 0.615 bits per heavy atom. The Balaban J connectivity index is 1.57. The molecular formula is C24H28O2. The molecule has 3 rings (SSSR count). The second kappa shape index (κ2) is 9.28. The molecule has 136 valence electrons. The fraction of sp³-hybridized carbons (Fsp3) is 0.333. The third kappa shape index (κ3) is 5.26. The standard InChI is InChI=1S/C24H28O2/c1-3-25-23-13-9-21(10-14-23)17-19-5-7-20(8-6-19)18-22-11-15-24(16-12-22)26-4-2/h9-18H,3-8H2,1-2H3. The van der Waals surface area contributed by atoms with E-state index in [9.17, 15) is 0 Å². The summed E-state index contributed by atoms with van der Waals surface area (Å²) in [6, 6.07) is 16.8. The highest BCUT2D eigenvalue weighted by Crippen LogP contribution is 2.31. The summed E-state index contributed by atoms with van der Waals surface area (Å²) < 4.78 is 11.0. The van der Waals surface area contributed by atoms with Crippen molar-refractivity contribution < 1.29 is 9.47 Å². The zero-order valence-corrected chi connectivity index (χ0v) is 15.8. The van der Waals surface area contributed by atoms with E-state index < -0.39 is 0 Å². The largest absolute Gasteiger partial charge is 0.494 e. The van der Waals surface area contributed by atoms with Crippen LogP contribution in [0.1, 0.15) is 50.7 Å². The van der Waals surface area contributed by atoms with Crippen molar-refractivity contribution in [3.05, 3.63) is 70.8 Å². The molecule has 0 aliphatic heterocycles. The van der Waals surface area contributed by atoms with Crippen molar-refractivity contribution in [2.24, 2.45) is 0 Å². The van der Waals surface area contributed by atoms with Crippen molar-refractivity contribution in [3.8, 4) is 11.5 Å². The second-order valence-corrected chi connectivity index (χ2v) is 6.61. The van der Waals surface area contributed by atoms with Gasteiger partial charge in [-0.15, -0.1) is 0 Å². The summed E-state index contributed by atoms with van der Waals surface area (Å²) >= 11 is 0. The Morgan fingerprint density at radius 2 is 0.962 bits per heavy atom. The van der Waals surface area contributed by atoms with Crippen LogP contribution in [0.15, 0.2) is 59.7 Å². The monoisotopic (exact) mass is 348 g/mol. The van der Waals surface area contributed by atoms with Gasteiger partial charge in [0.1, 0.15) is 11.5 Å². The lowest BCUT2D eigenvalue weighted by molar-refractivity contribution is 0.340. The highest BCUT2D eigenvalue weighted by molar-refractivity contribution is 5.57. The van der Waals surface area contributed by atoms with Crippen LogP contribution in [0.5, 0.6) is 11.5 Å². The average Bonchev–Trinajstić information content (AvgIpc) is 2.67. The van der Waals surface area contributed by atoms with Crippen LogP contribution in [-0.4, -0.2) is 13.2 Å². The maximum atomic E-state index is 5.51. The summed E-state index contributed by atoms with van der Waals surface area (Å²) in [5.74, 6) is 1.89. The van der Waals surface area contributed by atoms with Crippen LogP contribution in [0.4, 0.5) is 0 Å². The zero-order chi connectivity index (χ0) is 18.2. The van der Waals surface area contributed by atoms with Crippen molar-refractivity contribution >= 4 is 12.2 Å². The highest BCUT2D eigenvalue weighted by Gasteiger charge is 2.10. The molecule has 1 aliphatic carbocycles. The van der Waals surface area contributed by atoms with E-state index in [1.54, 1.807) is 0 Å². The fourth-order valence-electron chi connectivity index (χ4n) is 3.31. The summed E-state index contributed by atoms with van der Waals surface area (Å²) in [4.78, 5) is 0. The first kappa shape index (κ1) is 18.3. The predicted molar refractivity (Wildman–Crippen MR) is 110 cm³/mol. The van der Waals surface area contributed by atoms with E-state index in [0.717, 1.165) is 37.2 Å². The third-order valence-electron chi connectivity index (χ3n) is 4.66. The molecule has 0 N–H and O–H groups in total. The van der Waals surface area contributed by atoms with Gasteiger partial charge in [-0.1, -0.05) is 47.6 Å². The van der Waals surface area contributed by atoms with Crippen LogP contribution in [0.25, 0.3) is 12.2 Å². The SMILES string of the molecule is CCOc1ccc(C=C2CCC(=Cc3ccc(OCC)cc3)CC2)cc1. The molecule has 2 nitrogen and oxygen atoms in total. The van der Waals surface area contributed by atoms with E-state index in [-0.39, 0.29) is 0 Å². The molecule has 0 radical (unpaired) electrons. The zero-order valence-electron chi connectivity index (χ0n) is 15.8. The first-order valence-electron chi connectivity index (χ1n) is 9.61. The Kier molecular flexibility index (Phi) is 6.54. The van der Waals surface area contributed by atoms with Gasteiger partial charge < -0.3 is 9.47 Å². The Morgan fingerprint density at radius 3 is 1.27 bits per heavy atom. The molecule has 0 spiro atoms. The van der Waals surface area contributed by atoms with E-state index >= 15 is 0 Å². The van der Waals surface area contributed by atoms with Crippen molar-refractivity contribution in [1.29, 1.82) is 0 Å². The van der Waals surface area contributed by atoms with E-state index in [0.29, 0.717) is 13.2 Å². The fourth-order valence-corrected chi connectivity index (χ4v) is 3.31. The molecule has 2 aromatic rings. The van der Waals surface area contributed by atoms with Crippen molar-refractivity contribution in [2.45, 2.75) is 39.5 Å². The van der Waals surface area contributed by atoms with Crippen molar-refractivity contribution in [3.63, 3.8) is 0 Å². The van der Waals surface area contributed by atoms with Crippen LogP contribution in [-0.2, 0) is 0 Å². The Bertz CT molecular complexity index is 672. The molecule has 0 amide bonds. The van der Waals surface area contributed by atoms with Gasteiger partial charge in [-0.05, 0) is 74.9 Å². The molecule has 1 saturated carbocycles. The lowest BCUT2D eigenvalue weighted by Gasteiger charge is -2.18. The minimum absolute atomic E-state index is 0.712. The number of ether oxygens (including phenoxy) is 2. The maximum Gasteiger partial charge on any atom is 0.119 e. The van der Waals surface area contributed by atoms with Gasteiger partial charge in [-0.25, -0.2) is 0 Å². The van der Waals surface area contributed by atoms with Crippen molar-refractivity contribution in [1.82, 2.24) is 0 Å². The Labute approximate surface area is 157 Å². The van der Waals surface area contributed by atoms with Gasteiger partial charge in [0, 0.05) is 0 Å². The molecule has 0 saturated heterocycles. The van der Waals surface area contributed by atoms with Crippen LogP contribution in [0, 0.1) is 0 Å². The van der Waals surface area contributed by atoms with Gasteiger partial charge in [-0.2, -0.15) is 0 Å². The van der Waals surface area contributed by atoms with E-state index in [1.807, 2.05) is 13.8 Å². The van der Waals surface area contributed by atoms with Crippen LogP contribution in [0.2, 0.25) is 0 Å². The molecule has 2 heteroatoms. The van der Waals surface area contributed by atoms with E-state index in [4.69, 9.17) is 9.47 Å². The molecule has 26 heavy (non-hydrogen) atoms. The van der Waals surface area contributed by atoms with Gasteiger partial charge in [0.25, 0.3) is 0 Å². The van der Waals surface area contributed by atoms with Crippen molar-refractivity contribution in [2.75, 3.05) is 13.2 Å². The number of allylic oxidation sites excluding steroid dienone is 2.